The molecule has 3 nitrogen and oxygen atoms in total. The van der Waals surface area contributed by atoms with Crippen LogP contribution in [0.15, 0.2) is 12.7 Å². The minimum atomic E-state index is -3.12. The van der Waals surface area contributed by atoms with E-state index in [4.69, 9.17) is 0 Å². The summed E-state index contributed by atoms with van der Waals surface area (Å²) >= 11 is 0. The zero-order valence-corrected chi connectivity index (χ0v) is 8.34. The van der Waals surface area contributed by atoms with Gasteiger partial charge < -0.3 is 5.11 Å². The van der Waals surface area contributed by atoms with Crippen LogP contribution < -0.4 is 0 Å². The monoisotopic (exact) mass is 192 g/mol. The molecule has 2 atom stereocenters. The van der Waals surface area contributed by atoms with E-state index in [-0.39, 0.29) is 0 Å². The van der Waals surface area contributed by atoms with E-state index < -0.39 is 21.2 Å². The van der Waals surface area contributed by atoms with Crippen LogP contribution in [0.3, 0.4) is 0 Å². The molecule has 0 spiro atoms. The molecule has 2 unspecified atom stereocenters. The molecule has 0 heterocycles. The predicted molar refractivity (Wildman–Crippen MR) is 49.7 cm³/mol. The highest BCUT2D eigenvalue weighted by molar-refractivity contribution is 7.91. The average Bonchev–Trinajstić information content (AvgIpc) is 1.97. The summed E-state index contributed by atoms with van der Waals surface area (Å²) in [5.74, 6) is 0. The highest BCUT2D eigenvalue weighted by Gasteiger charge is 2.22. The molecule has 4 heteroatoms. The Balaban J connectivity index is 4.10. The lowest BCUT2D eigenvalue weighted by molar-refractivity contribution is 0.164. The average molecular weight is 192 g/mol. The first-order valence-electron chi connectivity index (χ1n) is 3.87. The van der Waals surface area contributed by atoms with Gasteiger partial charge in [0, 0.05) is 6.26 Å². The SMILES string of the molecule is C=CCCC(O)C(C)S(C)(=O)=O. The Bertz CT molecular complexity index is 231. The molecule has 12 heavy (non-hydrogen) atoms. The van der Waals surface area contributed by atoms with E-state index >= 15 is 0 Å². The Morgan fingerprint density at radius 3 is 2.42 bits per heavy atom. The quantitative estimate of drug-likeness (QED) is 0.654. The molecule has 0 rings (SSSR count). The topological polar surface area (TPSA) is 54.4 Å². The van der Waals surface area contributed by atoms with Crippen molar-refractivity contribution in [1.82, 2.24) is 0 Å². The molecule has 72 valence electrons. The molecule has 0 saturated carbocycles. The van der Waals surface area contributed by atoms with E-state index in [1.807, 2.05) is 0 Å². The zero-order valence-electron chi connectivity index (χ0n) is 7.53. The second-order valence-corrected chi connectivity index (χ2v) is 5.37. The molecule has 0 aliphatic heterocycles. The summed E-state index contributed by atoms with van der Waals surface area (Å²) in [7, 11) is -3.12. The molecule has 0 radical (unpaired) electrons. The Morgan fingerprint density at radius 2 is 2.08 bits per heavy atom. The number of aliphatic hydroxyl groups is 1. The maximum absolute atomic E-state index is 11.0. The predicted octanol–water partition coefficient (Wildman–Crippen LogP) is 0.747. The van der Waals surface area contributed by atoms with Crippen molar-refractivity contribution < 1.29 is 13.5 Å². The van der Waals surface area contributed by atoms with Gasteiger partial charge in [0.2, 0.25) is 0 Å². The summed E-state index contributed by atoms with van der Waals surface area (Å²) in [5, 5.41) is 8.67. The number of sulfone groups is 1. The minimum absolute atomic E-state index is 0.456. The maximum atomic E-state index is 11.0. The van der Waals surface area contributed by atoms with Crippen LogP contribution in [0.5, 0.6) is 0 Å². The van der Waals surface area contributed by atoms with Crippen molar-refractivity contribution >= 4 is 9.84 Å². The summed E-state index contributed by atoms with van der Waals surface area (Å²) < 4.78 is 21.9. The lowest BCUT2D eigenvalue weighted by atomic mass is 10.1. The van der Waals surface area contributed by atoms with Gasteiger partial charge in [0.15, 0.2) is 9.84 Å². The van der Waals surface area contributed by atoms with E-state index in [2.05, 4.69) is 6.58 Å². The third kappa shape index (κ3) is 3.88. The molecular weight excluding hydrogens is 176 g/mol. The van der Waals surface area contributed by atoms with Crippen molar-refractivity contribution in [2.75, 3.05) is 6.26 Å². The number of allylic oxidation sites excluding steroid dienone is 1. The summed E-state index contributed by atoms with van der Waals surface area (Å²) in [5.41, 5.74) is 0. The molecule has 0 aromatic rings. The van der Waals surface area contributed by atoms with E-state index in [0.29, 0.717) is 12.8 Å². The Hall–Kier alpha value is -0.350. The van der Waals surface area contributed by atoms with E-state index in [1.54, 1.807) is 6.08 Å². The van der Waals surface area contributed by atoms with Gasteiger partial charge in [0.25, 0.3) is 0 Å². The van der Waals surface area contributed by atoms with Crippen LogP contribution in [0.1, 0.15) is 19.8 Å². The first-order chi connectivity index (χ1) is 5.39. The summed E-state index contributed by atoms with van der Waals surface area (Å²) in [6, 6.07) is 0. The van der Waals surface area contributed by atoms with Crippen LogP contribution >= 0.6 is 0 Å². The van der Waals surface area contributed by atoms with Crippen LogP contribution in [-0.4, -0.2) is 31.1 Å². The molecule has 0 aromatic heterocycles. The van der Waals surface area contributed by atoms with Crippen molar-refractivity contribution in [2.45, 2.75) is 31.1 Å². The van der Waals surface area contributed by atoms with Crippen molar-refractivity contribution in [3.63, 3.8) is 0 Å². The van der Waals surface area contributed by atoms with Crippen LogP contribution in [0.25, 0.3) is 0 Å². The van der Waals surface area contributed by atoms with E-state index in [1.165, 1.54) is 6.92 Å². The third-order valence-electron chi connectivity index (χ3n) is 1.88. The highest BCUT2D eigenvalue weighted by atomic mass is 32.2. The lowest BCUT2D eigenvalue weighted by Gasteiger charge is -2.15. The smallest absolute Gasteiger partial charge is 0.152 e. The van der Waals surface area contributed by atoms with E-state index in [9.17, 15) is 13.5 Å². The maximum Gasteiger partial charge on any atom is 0.152 e. The zero-order chi connectivity index (χ0) is 9.78. The Kier molecular flexibility index (Phi) is 4.49. The minimum Gasteiger partial charge on any atom is -0.392 e. The summed E-state index contributed by atoms with van der Waals surface area (Å²) in [4.78, 5) is 0. The Morgan fingerprint density at radius 1 is 1.58 bits per heavy atom. The van der Waals surface area contributed by atoms with Gasteiger partial charge in [-0.05, 0) is 19.8 Å². The molecule has 0 aliphatic rings. The lowest BCUT2D eigenvalue weighted by Crippen LogP contribution is -2.30. The first-order valence-corrected chi connectivity index (χ1v) is 5.83. The molecule has 0 aliphatic carbocycles. The summed E-state index contributed by atoms with van der Waals surface area (Å²) in [6.45, 7) is 5.01. The van der Waals surface area contributed by atoms with Gasteiger partial charge in [0.1, 0.15) is 0 Å². The van der Waals surface area contributed by atoms with Crippen molar-refractivity contribution in [3.05, 3.63) is 12.7 Å². The molecule has 1 N–H and O–H groups in total. The van der Waals surface area contributed by atoms with Crippen molar-refractivity contribution in [3.8, 4) is 0 Å². The van der Waals surface area contributed by atoms with Gasteiger partial charge in [-0.2, -0.15) is 0 Å². The van der Waals surface area contributed by atoms with Crippen LogP contribution in [-0.2, 0) is 9.84 Å². The molecule has 0 bridgehead atoms. The van der Waals surface area contributed by atoms with Crippen LogP contribution in [0.4, 0.5) is 0 Å². The molecule has 0 aromatic carbocycles. The van der Waals surface area contributed by atoms with Gasteiger partial charge in [0.05, 0.1) is 11.4 Å². The van der Waals surface area contributed by atoms with Crippen LogP contribution in [0.2, 0.25) is 0 Å². The molecule has 0 amide bonds. The standard InChI is InChI=1S/C8H16O3S/c1-4-5-6-8(9)7(2)12(3,10)11/h4,7-9H,1,5-6H2,2-3H3. The van der Waals surface area contributed by atoms with Crippen molar-refractivity contribution in [2.24, 2.45) is 0 Å². The number of hydrogen-bond acceptors (Lipinski definition) is 3. The first kappa shape index (κ1) is 11.6. The van der Waals surface area contributed by atoms with Gasteiger partial charge in [-0.15, -0.1) is 6.58 Å². The molecule has 0 fully saturated rings. The number of rotatable bonds is 5. The van der Waals surface area contributed by atoms with Crippen LogP contribution in [0, 0.1) is 0 Å². The molecular formula is C8H16O3S. The Labute approximate surface area is 74.0 Å². The highest BCUT2D eigenvalue weighted by Crippen LogP contribution is 2.09. The fourth-order valence-electron chi connectivity index (χ4n) is 0.809. The third-order valence-corrected chi connectivity index (χ3v) is 3.55. The second-order valence-electron chi connectivity index (χ2n) is 2.97. The fraction of sp³-hybridized carbons (Fsp3) is 0.750. The van der Waals surface area contributed by atoms with Gasteiger partial charge in [-0.1, -0.05) is 6.08 Å². The van der Waals surface area contributed by atoms with E-state index in [0.717, 1.165) is 6.26 Å². The number of hydrogen-bond donors (Lipinski definition) is 1. The number of aliphatic hydroxyl groups excluding tert-OH is 1. The molecule has 0 saturated heterocycles. The fourth-order valence-corrected chi connectivity index (χ4v) is 1.52. The van der Waals surface area contributed by atoms with Gasteiger partial charge >= 0.3 is 0 Å². The normalized spacial score (nSPS) is 16.9. The van der Waals surface area contributed by atoms with Gasteiger partial charge in [-0.3, -0.25) is 0 Å². The van der Waals surface area contributed by atoms with Gasteiger partial charge in [-0.25, -0.2) is 8.42 Å². The largest absolute Gasteiger partial charge is 0.392 e. The second kappa shape index (κ2) is 4.62. The summed E-state index contributed by atoms with van der Waals surface area (Å²) in [6.07, 6.45) is 3.11. The van der Waals surface area contributed by atoms with Crippen molar-refractivity contribution in [1.29, 1.82) is 0 Å².